The first-order valence-electron chi connectivity index (χ1n) is 9.95. The maximum absolute atomic E-state index is 12.7. The van der Waals surface area contributed by atoms with E-state index in [-0.39, 0.29) is 5.91 Å². The number of piperidine rings is 1. The summed E-state index contributed by atoms with van der Waals surface area (Å²) < 4.78 is 2.30. The third-order valence-electron chi connectivity index (χ3n) is 5.68. The second-order valence-electron chi connectivity index (χ2n) is 7.65. The fourth-order valence-corrected chi connectivity index (χ4v) is 5.80. The number of aromatic nitrogens is 3. The van der Waals surface area contributed by atoms with E-state index in [2.05, 4.69) is 31.1 Å². The predicted molar refractivity (Wildman–Crippen MR) is 109 cm³/mol. The van der Waals surface area contributed by atoms with E-state index in [0.29, 0.717) is 11.8 Å². The second kappa shape index (κ2) is 7.47. The Morgan fingerprint density at radius 2 is 2.04 bits per heavy atom. The van der Waals surface area contributed by atoms with Crippen LogP contribution in [0.5, 0.6) is 0 Å². The van der Waals surface area contributed by atoms with Gasteiger partial charge in [-0.15, -0.1) is 21.5 Å². The number of nitrogens with zero attached hydrogens (tertiary/aromatic N) is 5. The van der Waals surface area contributed by atoms with Crippen LogP contribution in [0.3, 0.4) is 0 Å². The van der Waals surface area contributed by atoms with Gasteiger partial charge in [0.15, 0.2) is 5.16 Å². The Morgan fingerprint density at radius 1 is 1.19 bits per heavy atom. The van der Waals surface area contributed by atoms with Crippen LogP contribution in [0.4, 0.5) is 5.95 Å². The van der Waals surface area contributed by atoms with Gasteiger partial charge in [-0.3, -0.25) is 9.36 Å². The number of carbonyl (C=O) groups excluding carboxylic acids is 1. The van der Waals surface area contributed by atoms with Crippen molar-refractivity contribution in [3.63, 3.8) is 0 Å². The zero-order valence-electron chi connectivity index (χ0n) is 15.5. The largest absolute Gasteiger partial charge is 0.341 e. The van der Waals surface area contributed by atoms with Crippen LogP contribution >= 0.6 is 23.1 Å². The molecule has 0 unspecified atom stereocenters. The summed E-state index contributed by atoms with van der Waals surface area (Å²) in [4.78, 5) is 18.6. The van der Waals surface area contributed by atoms with Gasteiger partial charge in [0, 0.05) is 37.1 Å². The van der Waals surface area contributed by atoms with Crippen LogP contribution in [0.25, 0.3) is 0 Å². The molecule has 2 aliphatic heterocycles. The van der Waals surface area contributed by atoms with Crippen LogP contribution in [-0.2, 0) is 17.8 Å². The molecule has 2 fully saturated rings. The Morgan fingerprint density at radius 3 is 2.85 bits per heavy atom. The average molecular weight is 404 g/mol. The molecular formula is C19H25N5OS2. The zero-order chi connectivity index (χ0) is 18.2. The van der Waals surface area contributed by atoms with Gasteiger partial charge >= 0.3 is 0 Å². The van der Waals surface area contributed by atoms with E-state index in [0.717, 1.165) is 43.7 Å². The number of thiophene rings is 1. The van der Waals surface area contributed by atoms with Crippen molar-refractivity contribution in [1.29, 1.82) is 0 Å². The first kappa shape index (κ1) is 17.6. The molecule has 5 rings (SSSR count). The van der Waals surface area contributed by atoms with E-state index in [1.54, 1.807) is 11.8 Å². The molecule has 1 saturated heterocycles. The van der Waals surface area contributed by atoms with E-state index in [1.807, 2.05) is 16.2 Å². The van der Waals surface area contributed by atoms with Crippen molar-refractivity contribution in [1.82, 2.24) is 19.7 Å². The number of hydrogen-bond acceptors (Lipinski definition) is 6. The molecule has 1 aliphatic carbocycles. The average Bonchev–Trinajstić information content (AvgIpc) is 3.28. The number of anilines is 1. The number of amides is 1. The lowest BCUT2D eigenvalue weighted by Gasteiger charge is -2.28. The lowest BCUT2D eigenvalue weighted by Crippen LogP contribution is -2.36. The number of rotatable bonds is 5. The van der Waals surface area contributed by atoms with E-state index in [1.165, 1.54) is 42.5 Å². The van der Waals surface area contributed by atoms with Crippen LogP contribution in [0, 0.1) is 0 Å². The highest BCUT2D eigenvalue weighted by Crippen LogP contribution is 2.41. The number of fused-ring (bicyclic) bond motifs is 1. The molecule has 0 spiro atoms. The topological polar surface area (TPSA) is 54.3 Å². The highest BCUT2D eigenvalue weighted by molar-refractivity contribution is 7.99. The first-order chi connectivity index (χ1) is 13.3. The molecule has 0 aromatic carbocycles. The minimum absolute atomic E-state index is 0.210. The SMILES string of the molecule is O=C(CSc1nnc(N2CCCCC2)n1C1CC1)N1CCc2sccc2C1. The molecule has 6 nitrogen and oxygen atoms in total. The van der Waals surface area contributed by atoms with E-state index in [9.17, 15) is 4.79 Å². The minimum Gasteiger partial charge on any atom is -0.341 e. The Balaban J connectivity index is 1.26. The van der Waals surface area contributed by atoms with Crippen molar-refractivity contribution in [3.8, 4) is 0 Å². The van der Waals surface area contributed by atoms with Crippen LogP contribution in [0.15, 0.2) is 16.6 Å². The van der Waals surface area contributed by atoms with Gasteiger partial charge < -0.3 is 9.80 Å². The van der Waals surface area contributed by atoms with Crippen LogP contribution in [0.1, 0.15) is 48.6 Å². The molecular weight excluding hydrogens is 378 g/mol. The van der Waals surface area contributed by atoms with Crippen molar-refractivity contribution in [3.05, 3.63) is 21.9 Å². The van der Waals surface area contributed by atoms with E-state index >= 15 is 0 Å². The highest BCUT2D eigenvalue weighted by atomic mass is 32.2. The molecule has 0 radical (unpaired) electrons. The maximum Gasteiger partial charge on any atom is 0.233 e. The van der Waals surface area contributed by atoms with Gasteiger partial charge in [-0.05, 0) is 55.5 Å². The molecule has 4 heterocycles. The molecule has 3 aliphatic rings. The summed E-state index contributed by atoms with van der Waals surface area (Å²) in [5.41, 5.74) is 1.32. The molecule has 144 valence electrons. The van der Waals surface area contributed by atoms with Crippen molar-refractivity contribution in [2.75, 3.05) is 30.3 Å². The maximum atomic E-state index is 12.7. The molecule has 0 N–H and O–H groups in total. The van der Waals surface area contributed by atoms with Gasteiger partial charge in [-0.1, -0.05) is 11.8 Å². The molecule has 1 amide bonds. The van der Waals surface area contributed by atoms with Crippen molar-refractivity contribution >= 4 is 35.0 Å². The molecule has 2 aromatic heterocycles. The van der Waals surface area contributed by atoms with Crippen molar-refractivity contribution in [2.45, 2.75) is 56.3 Å². The zero-order valence-corrected chi connectivity index (χ0v) is 17.1. The van der Waals surface area contributed by atoms with Crippen LogP contribution < -0.4 is 4.90 Å². The number of hydrogen-bond donors (Lipinski definition) is 0. The minimum atomic E-state index is 0.210. The molecule has 0 bridgehead atoms. The lowest BCUT2D eigenvalue weighted by atomic mass is 10.1. The van der Waals surface area contributed by atoms with Crippen LogP contribution in [0.2, 0.25) is 0 Å². The summed E-state index contributed by atoms with van der Waals surface area (Å²) in [6.45, 7) is 3.74. The van der Waals surface area contributed by atoms with Gasteiger partial charge in [-0.25, -0.2) is 0 Å². The van der Waals surface area contributed by atoms with Gasteiger partial charge in [-0.2, -0.15) is 0 Å². The van der Waals surface area contributed by atoms with Gasteiger partial charge in [0.1, 0.15) is 0 Å². The third kappa shape index (κ3) is 3.61. The van der Waals surface area contributed by atoms with E-state index < -0.39 is 0 Å². The molecule has 0 atom stereocenters. The van der Waals surface area contributed by atoms with Gasteiger partial charge in [0.25, 0.3) is 0 Å². The summed E-state index contributed by atoms with van der Waals surface area (Å²) in [5, 5.41) is 12.0. The molecule has 2 aromatic rings. The molecule has 27 heavy (non-hydrogen) atoms. The number of carbonyl (C=O) groups is 1. The Bertz CT molecular complexity index is 822. The van der Waals surface area contributed by atoms with Gasteiger partial charge in [0.05, 0.1) is 5.75 Å². The fraction of sp³-hybridized carbons (Fsp3) is 0.632. The Labute approximate surface area is 167 Å². The Hall–Kier alpha value is -1.54. The fourth-order valence-electron chi connectivity index (χ4n) is 4.01. The molecule has 8 heteroatoms. The Kier molecular flexibility index (Phi) is 4.85. The quantitative estimate of drug-likeness (QED) is 0.717. The lowest BCUT2D eigenvalue weighted by molar-refractivity contribution is -0.129. The normalized spacial score (nSPS) is 20.0. The summed E-state index contributed by atoms with van der Waals surface area (Å²) >= 11 is 3.37. The smallest absolute Gasteiger partial charge is 0.233 e. The summed E-state index contributed by atoms with van der Waals surface area (Å²) in [5.74, 6) is 1.68. The summed E-state index contributed by atoms with van der Waals surface area (Å²) in [6, 6.07) is 2.68. The first-order valence-corrected chi connectivity index (χ1v) is 11.8. The van der Waals surface area contributed by atoms with Crippen molar-refractivity contribution in [2.24, 2.45) is 0 Å². The third-order valence-corrected chi connectivity index (χ3v) is 7.63. The molecule has 1 saturated carbocycles. The predicted octanol–water partition coefficient (Wildman–Crippen LogP) is 3.34. The second-order valence-corrected chi connectivity index (χ2v) is 9.60. The highest BCUT2D eigenvalue weighted by Gasteiger charge is 2.32. The van der Waals surface area contributed by atoms with Crippen molar-refractivity contribution < 1.29 is 4.79 Å². The summed E-state index contributed by atoms with van der Waals surface area (Å²) in [7, 11) is 0. The number of thioether (sulfide) groups is 1. The standard InChI is InChI=1S/C19H25N5OS2/c25-17(23-10-6-16-14(12-23)7-11-26-16)13-27-19-21-20-18(24(19)15-4-5-15)22-8-2-1-3-9-22/h7,11,15H,1-6,8-10,12-13H2. The monoisotopic (exact) mass is 403 g/mol. The van der Waals surface area contributed by atoms with E-state index in [4.69, 9.17) is 0 Å². The summed E-state index contributed by atoms with van der Waals surface area (Å²) in [6.07, 6.45) is 7.17. The van der Waals surface area contributed by atoms with Gasteiger partial charge in [0.2, 0.25) is 11.9 Å². The van der Waals surface area contributed by atoms with Crippen LogP contribution in [-0.4, -0.2) is 51.0 Å².